The van der Waals surface area contributed by atoms with Crippen molar-refractivity contribution >= 4 is 11.9 Å². The minimum absolute atomic E-state index is 0.146. The second-order valence-electron chi connectivity index (χ2n) is 6.39. The van der Waals surface area contributed by atoms with Gasteiger partial charge in [0, 0.05) is 39.2 Å². The molecule has 0 bridgehead atoms. The molecule has 1 aromatic carbocycles. The molecule has 1 atom stereocenters. The molecule has 24 heavy (non-hydrogen) atoms. The molecule has 1 aromatic rings. The molecule has 3 rings (SSSR count). The first kappa shape index (κ1) is 16.8. The van der Waals surface area contributed by atoms with Gasteiger partial charge in [0.25, 0.3) is 0 Å². The van der Waals surface area contributed by atoms with Crippen molar-refractivity contribution in [1.29, 1.82) is 0 Å². The summed E-state index contributed by atoms with van der Waals surface area (Å²) in [5.41, 5.74) is 2.47. The number of nitrogens with one attached hydrogen (secondary N) is 2. The van der Waals surface area contributed by atoms with Gasteiger partial charge in [0.05, 0.1) is 6.10 Å². The molecule has 6 heteroatoms. The Morgan fingerprint density at radius 2 is 1.92 bits per heavy atom. The SMILES string of the molecule is O=C(NCCCC(=O)N1Cc2ccccc2C1)NCC1CCCO1. The van der Waals surface area contributed by atoms with Crippen molar-refractivity contribution in [3.8, 4) is 0 Å². The van der Waals surface area contributed by atoms with Gasteiger partial charge in [-0.05, 0) is 30.4 Å². The second kappa shape index (κ2) is 8.15. The fourth-order valence-electron chi connectivity index (χ4n) is 3.18. The van der Waals surface area contributed by atoms with Crippen LogP contribution in [0, 0.1) is 0 Å². The molecular weight excluding hydrogens is 306 g/mol. The highest BCUT2D eigenvalue weighted by atomic mass is 16.5. The van der Waals surface area contributed by atoms with Gasteiger partial charge >= 0.3 is 6.03 Å². The van der Waals surface area contributed by atoms with E-state index >= 15 is 0 Å². The average Bonchev–Trinajstić information content (AvgIpc) is 3.25. The Morgan fingerprint density at radius 3 is 2.58 bits per heavy atom. The smallest absolute Gasteiger partial charge is 0.314 e. The molecular formula is C18H25N3O3. The number of urea groups is 1. The van der Waals surface area contributed by atoms with E-state index in [9.17, 15) is 9.59 Å². The highest BCUT2D eigenvalue weighted by molar-refractivity contribution is 5.77. The summed E-state index contributed by atoms with van der Waals surface area (Å²) < 4.78 is 5.45. The van der Waals surface area contributed by atoms with Gasteiger partial charge in [-0.1, -0.05) is 24.3 Å². The molecule has 0 aromatic heterocycles. The zero-order valence-corrected chi connectivity index (χ0v) is 13.9. The summed E-state index contributed by atoms with van der Waals surface area (Å²) in [4.78, 5) is 25.8. The van der Waals surface area contributed by atoms with Gasteiger partial charge in [0.15, 0.2) is 0 Å². The largest absolute Gasteiger partial charge is 0.376 e. The van der Waals surface area contributed by atoms with Crippen LogP contribution < -0.4 is 10.6 Å². The first-order valence-electron chi connectivity index (χ1n) is 8.70. The first-order chi connectivity index (χ1) is 11.7. The van der Waals surface area contributed by atoms with Crippen LogP contribution in [0.2, 0.25) is 0 Å². The number of amides is 3. The van der Waals surface area contributed by atoms with Crippen molar-refractivity contribution in [2.24, 2.45) is 0 Å². The van der Waals surface area contributed by atoms with Crippen LogP contribution in [0.3, 0.4) is 0 Å². The van der Waals surface area contributed by atoms with Gasteiger partial charge in [-0.2, -0.15) is 0 Å². The van der Waals surface area contributed by atoms with Crippen molar-refractivity contribution in [1.82, 2.24) is 15.5 Å². The minimum Gasteiger partial charge on any atom is -0.376 e. The van der Waals surface area contributed by atoms with Crippen LogP contribution in [0.15, 0.2) is 24.3 Å². The van der Waals surface area contributed by atoms with Gasteiger partial charge in [-0.25, -0.2) is 4.79 Å². The topological polar surface area (TPSA) is 70.7 Å². The molecule has 1 fully saturated rings. The van der Waals surface area contributed by atoms with E-state index in [4.69, 9.17) is 4.74 Å². The summed E-state index contributed by atoms with van der Waals surface area (Å²) in [6.07, 6.45) is 3.33. The maximum Gasteiger partial charge on any atom is 0.314 e. The first-order valence-corrected chi connectivity index (χ1v) is 8.70. The maximum atomic E-state index is 12.2. The van der Waals surface area contributed by atoms with Gasteiger partial charge < -0.3 is 20.3 Å². The van der Waals surface area contributed by atoms with Crippen molar-refractivity contribution in [3.05, 3.63) is 35.4 Å². The lowest BCUT2D eigenvalue weighted by Crippen LogP contribution is -2.40. The van der Waals surface area contributed by atoms with E-state index in [-0.39, 0.29) is 18.0 Å². The molecule has 1 saturated heterocycles. The predicted molar refractivity (Wildman–Crippen MR) is 90.3 cm³/mol. The van der Waals surface area contributed by atoms with E-state index in [1.807, 2.05) is 17.0 Å². The molecule has 1 unspecified atom stereocenters. The summed E-state index contributed by atoms with van der Waals surface area (Å²) in [6, 6.07) is 7.97. The number of rotatable bonds is 6. The van der Waals surface area contributed by atoms with E-state index in [0.717, 1.165) is 19.4 Å². The second-order valence-corrected chi connectivity index (χ2v) is 6.39. The molecule has 2 heterocycles. The normalized spacial score (nSPS) is 19.2. The number of carbonyl (C=O) groups is 2. The standard InChI is InChI=1S/C18H25N3O3/c22-17(21-12-14-5-1-2-6-15(14)13-21)8-3-9-19-18(23)20-11-16-7-4-10-24-16/h1-2,5-6,16H,3-4,7-13H2,(H2,19,20,23). The highest BCUT2D eigenvalue weighted by Crippen LogP contribution is 2.22. The molecule has 6 nitrogen and oxygen atoms in total. The van der Waals surface area contributed by atoms with E-state index in [1.54, 1.807) is 0 Å². The Morgan fingerprint density at radius 1 is 1.17 bits per heavy atom. The predicted octanol–water partition coefficient (Wildman–Crippen LogP) is 1.79. The number of nitrogens with zero attached hydrogens (tertiary/aromatic N) is 1. The summed E-state index contributed by atoms with van der Waals surface area (Å²) in [7, 11) is 0. The summed E-state index contributed by atoms with van der Waals surface area (Å²) in [6.45, 7) is 3.24. The molecule has 2 aliphatic rings. The number of benzene rings is 1. The number of carbonyl (C=O) groups excluding carboxylic acids is 2. The molecule has 2 N–H and O–H groups in total. The zero-order chi connectivity index (χ0) is 16.8. The molecule has 0 saturated carbocycles. The Kier molecular flexibility index (Phi) is 5.69. The summed E-state index contributed by atoms with van der Waals surface area (Å²) in [5, 5.41) is 5.60. The van der Waals surface area contributed by atoms with Crippen LogP contribution in [-0.2, 0) is 22.6 Å². The summed E-state index contributed by atoms with van der Waals surface area (Å²) in [5.74, 6) is 0.146. The van der Waals surface area contributed by atoms with E-state index in [1.165, 1.54) is 11.1 Å². The molecule has 130 valence electrons. The molecule has 0 spiro atoms. The quantitative estimate of drug-likeness (QED) is 0.781. The van der Waals surface area contributed by atoms with Crippen molar-refractivity contribution in [2.45, 2.75) is 44.9 Å². The van der Waals surface area contributed by atoms with Crippen molar-refractivity contribution in [3.63, 3.8) is 0 Å². The van der Waals surface area contributed by atoms with Gasteiger partial charge in [-0.15, -0.1) is 0 Å². The van der Waals surface area contributed by atoms with Crippen LogP contribution in [0.4, 0.5) is 4.79 Å². The van der Waals surface area contributed by atoms with E-state index < -0.39 is 0 Å². The van der Waals surface area contributed by atoms with Gasteiger partial charge in [0.1, 0.15) is 0 Å². The Hall–Kier alpha value is -2.08. The number of hydrogen-bond acceptors (Lipinski definition) is 3. The summed E-state index contributed by atoms with van der Waals surface area (Å²) >= 11 is 0. The molecule has 0 aliphatic carbocycles. The monoisotopic (exact) mass is 331 g/mol. The number of fused-ring (bicyclic) bond motifs is 1. The maximum absolute atomic E-state index is 12.2. The van der Waals surface area contributed by atoms with E-state index in [2.05, 4.69) is 22.8 Å². The number of ether oxygens (including phenoxy) is 1. The lowest BCUT2D eigenvalue weighted by Gasteiger charge is -2.15. The van der Waals surface area contributed by atoms with Crippen LogP contribution in [0.1, 0.15) is 36.8 Å². The third-order valence-electron chi connectivity index (χ3n) is 4.56. The van der Waals surface area contributed by atoms with Crippen LogP contribution >= 0.6 is 0 Å². The van der Waals surface area contributed by atoms with Gasteiger partial charge in [0.2, 0.25) is 5.91 Å². The third kappa shape index (κ3) is 4.47. The third-order valence-corrected chi connectivity index (χ3v) is 4.56. The Labute approximate surface area is 142 Å². The fourth-order valence-corrected chi connectivity index (χ4v) is 3.18. The van der Waals surface area contributed by atoms with Crippen LogP contribution in [0.5, 0.6) is 0 Å². The van der Waals surface area contributed by atoms with Crippen molar-refractivity contribution in [2.75, 3.05) is 19.7 Å². The van der Waals surface area contributed by atoms with E-state index in [0.29, 0.717) is 39.0 Å². The van der Waals surface area contributed by atoms with Crippen LogP contribution in [0.25, 0.3) is 0 Å². The Bertz CT molecular complexity index is 560. The number of hydrogen-bond donors (Lipinski definition) is 2. The Balaban J connectivity index is 1.28. The average molecular weight is 331 g/mol. The van der Waals surface area contributed by atoms with Gasteiger partial charge in [-0.3, -0.25) is 4.79 Å². The van der Waals surface area contributed by atoms with Crippen molar-refractivity contribution < 1.29 is 14.3 Å². The fraction of sp³-hybridized carbons (Fsp3) is 0.556. The molecule has 2 aliphatic heterocycles. The minimum atomic E-state index is -0.188. The highest BCUT2D eigenvalue weighted by Gasteiger charge is 2.22. The zero-order valence-electron chi connectivity index (χ0n) is 13.9. The molecule has 3 amide bonds. The lowest BCUT2D eigenvalue weighted by atomic mass is 10.1. The van der Waals surface area contributed by atoms with Crippen LogP contribution in [-0.4, -0.2) is 42.6 Å². The molecule has 0 radical (unpaired) electrons. The lowest BCUT2D eigenvalue weighted by molar-refractivity contribution is -0.131.